The van der Waals surface area contributed by atoms with Crippen molar-refractivity contribution in [3.05, 3.63) is 81.4 Å². The van der Waals surface area contributed by atoms with Gasteiger partial charge in [0, 0.05) is 17.7 Å². The predicted octanol–water partition coefficient (Wildman–Crippen LogP) is 4.60. The lowest BCUT2D eigenvalue weighted by Crippen LogP contribution is -2.29. The van der Waals surface area contributed by atoms with Gasteiger partial charge < -0.3 is 10.1 Å². The smallest absolute Gasteiger partial charge is 0.338 e. The third-order valence-electron chi connectivity index (χ3n) is 5.34. The Hall–Kier alpha value is -3.15. The van der Waals surface area contributed by atoms with Gasteiger partial charge in [0.15, 0.2) is 0 Å². The Bertz CT molecular complexity index is 938. The van der Waals surface area contributed by atoms with Gasteiger partial charge >= 0.3 is 5.97 Å². The van der Waals surface area contributed by atoms with Crippen molar-refractivity contribution in [2.24, 2.45) is 5.92 Å². The zero-order chi connectivity index (χ0) is 19.0. The van der Waals surface area contributed by atoms with Gasteiger partial charge in [0.05, 0.1) is 28.7 Å². The number of anilines is 1. The number of nitro benzene ring substituents is 1. The van der Waals surface area contributed by atoms with E-state index in [0.29, 0.717) is 17.7 Å². The number of benzene rings is 2. The maximum absolute atomic E-state index is 12.1. The van der Waals surface area contributed by atoms with Crippen molar-refractivity contribution in [1.29, 1.82) is 0 Å². The number of nitrogens with zero attached hydrogens (tertiary/aromatic N) is 1. The summed E-state index contributed by atoms with van der Waals surface area (Å²) in [6.45, 7) is 2.12. The minimum Gasteiger partial charge on any atom is -0.462 e. The van der Waals surface area contributed by atoms with Crippen molar-refractivity contribution >= 4 is 17.3 Å². The number of allylic oxidation sites excluding steroid dienone is 2. The number of hydrogen-bond acceptors (Lipinski definition) is 5. The van der Waals surface area contributed by atoms with E-state index in [4.69, 9.17) is 4.74 Å². The summed E-state index contributed by atoms with van der Waals surface area (Å²) in [4.78, 5) is 23.3. The molecule has 27 heavy (non-hydrogen) atoms. The molecule has 1 heterocycles. The predicted molar refractivity (Wildman–Crippen MR) is 102 cm³/mol. The second kappa shape index (κ2) is 6.87. The number of ether oxygens (including phenoxy) is 1. The Labute approximate surface area is 157 Å². The van der Waals surface area contributed by atoms with Crippen LogP contribution in [0.1, 0.15) is 46.8 Å². The summed E-state index contributed by atoms with van der Waals surface area (Å²) in [6, 6.07) is 12.2. The highest BCUT2D eigenvalue weighted by Crippen LogP contribution is 2.51. The molecule has 2 aliphatic rings. The molecule has 0 fully saturated rings. The van der Waals surface area contributed by atoms with Crippen LogP contribution in [0.15, 0.2) is 54.6 Å². The highest BCUT2D eigenvalue weighted by molar-refractivity contribution is 5.90. The van der Waals surface area contributed by atoms with Gasteiger partial charge in [0.1, 0.15) is 0 Å². The van der Waals surface area contributed by atoms with Crippen molar-refractivity contribution in [3.8, 4) is 0 Å². The standard InChI is InChI=1S/C21H20N2O4/c1-2-27-21(24)13-10-11-18-17(12-13)14-7-5-8-15(14)20(22-18)16-6-3-4-9-19(16)23(25)26/h3-7,9-12,14-15,20,22H,2,8H2,1H3/t14-,15-,20+/m0/s1. The number of para-hydroxylation sites is 1. The maximum atomic E-state index is 12.1. The summed E-state index contributed by atoms with van der Waals surface area (Å²) >= 11 is 0. The van der Waals surface area contributed by atoms with Crippen molar-refractivity contribution in [2.75, 3.05) is 11.9 Å². The number of nitrogens with one attached hydrogen (secondary N) is 1. The molecule has 1 N–H and O–H groups in total. The molecule has 0 radical (unpaired) electrons. The molecule has 0 spiro atoms. The number of rotatable bonds is 4. The SMILES string of the molecule is CCOC(=O)c1ccc2c(c1)[C@H]1C=CC[C@@H]1[C@H](c1ccccc1[N+](=O)[O-])N2. The van der Waals surface area contributed by atoms with Crippen molar-refractivity contribution < 1.29 is 14.5 Å². The first kappa shape index (κ1) is 17.3. The Morgan fingerprint density at radius 2 is 2.07 bits per heavy atom. The van der Waals surface area contributed by atoms with E-state index in [-0.39, 0.29) is 34.5 Å². The molecule has 0 aromatic heterocycles. The number of esters is 1. The minimum atomic E-state index is -0.334. The molecule has 3 atom stereocenters. The van der Waals surface area contributed by atoms with Gasteiger partial charge in [-0.25, -0.2) is 4.79 Å². The van der Waals surface area contributed by atoms with Crippen molar-refractivity contribution in [1.82, 2.24) is 0 Å². The van der Waals surface area contributed by atoms with E-state index in [2.05, 4.69) is 17.5 Å². The molecule has 0 bridgehead atoms. The van der Waals surface area contributed by atoms with Crippen LogP contribution in [0.25, 0.3) is 0 Å². The summed E-state index contributed by atoms with van der Waals surface area (Å²) < 4.78 is 5.11. The Morgan fingerprint density at radius 3 is 2.85 bits per heavy atom. The molecular formula is C21H20N2O4. The topological polar surface area (TPSA) is 81.5 Å². The average molecular weight is 364 g/mol. The van der Waals surface area contributed by atoms with E-state index in [1.54, 1.807) is 25.1 Å². The third-order valence-corrected chi connectivity index (χ3v) is 5.34. The van der Waals surface area contributed by atoms with E-state index in [1.807, 2.05) is 24.3 Å². The van der Waals surface area contributed by atoms with Crippen LogP contribution in [0.2, 0.25) is 0 Å². The first-order chi connectivity index (χ1) is 13.1. The molecule has 138 valence electrons. The molecule has 0 saturated carbocycles. The lowest BCUT2D eigenvalue weighted by Gasteiger charge is -2.37. The number of carbonyl (C=O) groups is 1. The number of hydrogen-bond donors (Lipinski definition) is 1. The molecule has 2 aromatic carbocycles. The summed E-state index contributed by atoms with van der Waals surface area (Å²) in [6.07, 6.45) is 5.09. The van der Waals surface area contributed by atoms with Crippen LogP contribution >= 0.6 is 0 Å². The van der Waals surface area contributed by atoms with Crippen molar-refractivity contribution in [2.45, 2.75) is 25.3 Å². The van der Waals surface area contributed by atoms with Gasteiger partial charge in [0.2, 0.25) is 0 Å². The Kier molecular flexibility index (Phi) is 4.39. The zero-order valence-electron chi connectivity index (χ0n) is 14.9. The first-order valence-corrected chi connectivity index (χ1v) is 9.07. The van der Waals surface area contributed by atoms with E-state index in [0.717, 1.165) is 17.7 Å². The third kappa shape index (κ3) is 2.97. The summed E-state index contributed by atoms with van der Waals surface area (Å²) in [7, 11) is 0. The average Bonchev–Trinajstić information content (AvgIpc) is 3.17. The molecule has 1 aliphatic heterocycles. The normalized spacial score (nSPS) is 22.5. The molecule has 6 nitrogen and oxygen atoms in total. The Morgan fingerprint density at radius 1 is 1.26 bits per heavy atom. The zero-order valence-corrected chi connectivity index (χ0v) is 14.9. The number of carbonyl (C=O) groups excluding carboxylic acids is 1. The first-order valence-electron chi connectivity index (χ1n) is 9.07. The fraction of sp³-hybridized carbons (Fsp3) is 0.286. The highest BCUT2D eigenvalue weighted by Gasteiger charge is 2.40. The lowest BCUT2D eigenvalue weighted by atomic mass is 9.76. The second-order valence-electron chi connectivity index (χ2n) is 6.81. The second-order valence-corrected chi connectivity index (χ2v) is 6.81. The van der Waals surface area contributed by atoms with Gasteiger partial charge in [-0.3, -0.25) is 10.1 Å². The molecule has 6 heteroatoms. The van der Waals surface area contributed by atoms with Crippen LogP contribution in [0, 0.1) is 16.0 Å². The van der Waals surface area contributed by atoms with Crippen LogP contribution in [0.3, 0.4) is 0 Å². The van der Waals surface area contributed by atoms with Crippen LogP contribution in [-0.2, 0) is 4.74 Å². The molecule has 4 rings (SSSR count). The maximum Gasteiger partial charge on any atom is 0.338 e. The van der Waals surface area contributed by atoms with E-state index < -0.39 is 0 Å². The van der Waals surface area contributed by atoms with Gasteiger partial charge in [-0.1, -0.05) is 30.4 Å². The molecule has 2 aromatic rings. The fourth-order valence-corrected chi connectivity index (χ4v) is 4.16. The van der Waals surface area contributed by atoms with Gasteiger partial charge in [-0.05, 0) is 43.0 Å². The molecule has 0 saturated heterocycles. The van der Waals surface area contributed by atoms with E-state index >= 15 is 0 Å². The van der Waals surface area contributed by atoms with Crippen LogP contribution in [-0.4, -0.2) is 17.5 Å². The number of fused-ring (bicyclic) bond motifs is 3. The van der Waals surface area contributed by atoms with Gasteiger partial charge in [-0.15, -0.1) is 0 Å². The Balaban J connectivity index is 1.75. The fourth-order valence-electron chi connectivity index (χ4n) is 4.16. The monoisotopic (exact) mass is 364 g/mol. The summed E-state index contributed by atoms with van der Waals surface area (Å²) in [5.41, 5.74) is 3.29. The summed E-state index contributed by atoms with van der Waals surface area (Å²) in [5, 5.41) is 15.0. The van der Waals surface area contributed by atoms with Gasteiger partial charge in [-0.2, -0.15) is 0 Å². The largest absolute Gasteiger partial charge is 0.462 e. The number of nitro groups is 1. The minimum absolute atomic E-state index is 0.112. The summed E-state index contributed by atoms with van der Waals surface area (Å²) in [5.74, 6) is -0.0591. The van der Waals surface area contributed by atoms with Crippen LogP contribution in [0.4, 0.5) is 11.4 Å². The van der Waals surface area contributed by atoms with Gasteiger partial charge in [0.25, 0.3) is 5.69 Å². The quantitative estimate of drug-likeness (QED) is 0.371. The lowest BCUT2D eigenvalue weighted by molar-refractivity contribution is -0.385. The molecule has 0 amide bonds. The van der Waals surface area contributed by atoms with E-state index in [1.165, 1.54) is 0 Å². The molecule has 0 unspecified atom stereocenters. The molecular weight excluding hydrogens is 344 g/mol. The van der Waals surface area contributed by atoms with Crippen molar-refractivity contribution in [3.63, 3.8) is 0 Å². The van der Waals surface area contributed by atoms with Crippen LogP contribution < -0.4 is 5.32 Å². The van der Waals surface area contributed by atoms with E-state index in [9.17, 15) is 14.9 Å². The molecule has 1 aliphatic carbocycles. The van der Waals surface area contributed by atoms with Crippen LogP contribution in [0.5, 0.6) is 0 Å². The highest BCUT2D eigenvalue weighted by atomic mass is 16.6.